The van der Waals surface area contributed by atoms with Crippen molar-refractivity contribution >= 4 is 15.7 Å². The fourth-order valence-corrected chi connectivity index (χ4v) is 4.55. The van der Waals surface area contributed by atoms with Gasteiger partial charge >= 0.3 is 0 Å². The average Bonchev–Trinajstić information content (AvgIpc) is 3.07. The van der Waals surface area contributed by atoms with Gasteiger partial charge in [0.05, 0.1) is 24.1 Å². The van der Waals surface area contributed by atoms with Crippen molar-refractivity contribution in [2.24, 2.45) is 0 Å². The molecule has 3 aromatic carbocycles. The van der Waals surface area contributed by atoms with Gasteiger partial charge in [-0.1, -0.05) is 38.1 Å². The van der Waals surface area contributed by atoms with Crippen LogP contribution in [0, 0.1) is 13.8 Å². The van der Waals surface area contributed by atoms with E-state index in [0.717, 1.165) is 28.7 Å². The number of hydrogen-bond donors (Lipinski definition) is 0. The molecule has 35 heavy (non-hydrogen) atoms. The van der Waals surface area contributed by atoms with Gasteiger partial charge in [-0.3, -0.25) is 4.79 Å². The molecule has 3 aromatic rings. The first-order chi connectivity index (χ1) is 16.7. The van der Waals surface area contributed by atoms with Crippen molar-refractivity contribution in [3.05, 3.63) is 76.9 Å². The normalized spacial score (nSPS) is 13.0. The second kappa shape index (κ2) is 11.0. The van der Waals surface area contributed by atoms with Gasteiger partial charge in [0.2, 0.25) is 0 Å². The second-order valence-electron chi connectivity index (χ2n) is 8.33. The van der Waals surface area contributed by atoms with Crippen molar-refractivity contribution in [3.63, 3.8) is 0 Å². The minimum absolute atomic E-state index is 0.110. The molecule has 0 atom stereocenters. The third-order valence-electron chi connectivity index (χ3n) is 6.00. The zero-order valence-electron chi connectivity index (χ0n) is 21.2. The highest BCUT2D eigenvalue weighted by Gasteiger charge is 2.25. The number of methoxy groups -OCH3 is 1. The minimum atomic E-state index is -3.41. The Morgan fingerprint density at radius 1 is 0.943 bits per heavy atom. The van der Waals surface area contributed by atoms with E-state index in [4.69, 9.17) is 9.47 Å². The highest BCUT2D eigenvalue weighted by Crippen LogP contribution is 2.32. The van der Waals surface area contributed by atoms with E-state index < -0.39 is 9.84 Å². The van der Waals surface area contributed by atoms with Crippen LogP contribution in [0.3, 0.4) is 0 Å². The first kappa shape index (κ1) is 26.3. The Morgan fingerprint density at radius 2 is 1.63 bits per heavy atom. The van der Waals surface area contributed by atoms with E-state index in [-0.39, 0.29) is 16.6 Å². The molecule has 0 N–H and O–H groups in total. The lowest BCUT2D eigenvalue weighted by Gasteiger charge is -2.21. The fraction of sp³-hybridized carbons (Fsp3) is 0.321. The molecule has 1 aliphatic rings. The largest absolute Gasteiger partial charge is 0.496 e. The molecular weight excluding hydrogens is 462 g/mol. The zero-order valence-corrected chi connectivity index (χ0v) is 22.0. The summed E-state index contributed by atoms with van der Waals surface area (Å²) in [6, 6.07) is 16.8. The molecule has 0 unspecified atom stereocenters. The summed E-state index contributed by atoms with van der Waals surface area (Å²) in [5.41, 5.74) is 5.87. The summed E-state index contributed by atoms with van der Waals surface area (Å²) >= 11 is 0. The van der Waals surface area contributed by atoms with E-state index >= 15 is 0 Å². The molecule has 0 radical (unpaired) electrons. The lowest BCUT2D eigenvalue weighted by molar-refractivity contribution is 0.0729. The molecule has 0 bridgehead atoms. The third kappa shape index (κ3) is 5.85. The predicted molar refractivity (Wildman–Crippen MR) is 139 cm³/mol. The predicted octanol–water partition coefficient (Wildman–Crippen LogP) is 5.44. The maximum atomic E-state index is 13.4. The molecular formula is C28H33NO5S. The number of carbonyl (C=O) groups is 1. The van der Waals surface area contributed by atoms with E-state index in [0.29, 0.717) is 25.3 Å². The minimum Gasteiger partial charge on any atom is -0.496 e. The van der Waals surface area contributed by atoms with Crippen molar-refractivity contribution in [3.8, 4) is 22.6 Å². The molecule has 0 fully saturated rings. The number of rotatable bonds is 4. The van der Waals surface area contributed by atoms with E-state index in [9.17, 15) is 13.2 Å². The van der Waals surface area contributed by atoms with Crippen LogP contribution in [0.2, 0.25) is 0 Å². The molecule has 0 saturated heterocycles. The molecule has 4 rings (SSSR count). The molecule has 186 valence electrons. The molecule has 6 nitrogen and oxygen atoms in total. The summed E-state index contributed by atoms with van der Waals surface area (Å²) in [6.07, 6.45) is 1.12. The number of nitrogens with zero attached hydrogens (tertiary/aromatic N) is 1. The Balaban J connectivity index is 0.00000167. The SMILES string of the molecule is CC.COc1cc(S(C)(=O)=O)ccc1C(=O)N1CCOc2ccc(-c3ccc(C)c(C)c3)cc2C1. The highest BCUT2D eigenvalue weighted by molar-refractivity contribution is 7.90. The summed E-state index contributed by atoms with van der Waals surface area (Å²) < 4.78 is 35.0. The number of amides is 1. The molecule has 1 heterocycles. The van der Waals surface area contributed by atoms with E-state index in [1.54, 1.807) is 4.90 Å². The monoisotopic (exact) mass is 495 g/mol. The van der Waals surface area contributed by atoms with Crippen molar-refractivity contribution in [2.75, 3.05) is 26.5 Å². The number of aryl methyl sites for hydroxylation is 2. The number of fused-ring (bicyclic) bond motifs is 1. The van der Waals surface area contributed by atoms with Gasteiger partial charge in [0.1, 0.15) is 18.1 Å². The van der Waals surface area contributed by atoms with Gasteiger partial charge in [-0.2, -0.15) is 0 Å². The average molecular weight is 496 g/mol. The fourth-order valence-electron chi connectivity index (χ4n) is 3.92. The van der Waals surface area contributed by atoms with Crippen LogP contribution in [-0.4, -0.2) is 45.7 Å². The molecule has 0 spiro atoms. The molecule has 1 amide bonds. The number of ether oxygens (including phenoxy) is 2. The van der Waals surface area contributed by atoms with Crippen molar-refractivity contribution < 1.29 is 22.7 Å². The third-order valence-corrected chi connectivity index (χ3v) is 7.11. The van der Waals surface area contributed by atoms with Gasteiger partial charge in [-0.25, -0.2) is 8.42 Å². The summed E-state index contributed by atoms with van der Waals surface area (Å²) in [6.45, 7) is 9.33. The Hall–Kier alpha value is -3.32. The van der Waals surface area contributed by atoms with Crippen molar-refractivity contribution in [1.29, 1.82) is 0 Å². The van der Waals surface area contributed by atoms with Gasteiger partial charge in [0, 0.05) is 18.4 Å². The highest BCUT2D eigenvalue weighted by atomic mass is 32.2. The maximum Gasteiger partial charge on any atom is 0.258 e. The van der Waals surface area contributed by atoms with Crippen LogP contribution in [0.15, 0.2) is 59.5 Å². The van der Waals surface area contributed by atoms with Crippen molar-refractivity contribution in [1.82, 2.24) is 4.90 Å². The Kier molecular flexibility index (Phi) is 8.22. The van der Waals surface area contributed by atoms with Crippen LogP contribution in [-0.2, 0) is 16.4 Å². The lowest BCUT2D eigenvalue weighted by Crippen LogP contribution is -2.32. The van der Waals surface area contributed by atoms with Crippen LogP contribution < -0.4 is 9.47 Å². The number of hydrogen-bond acceptors (Lipinski definition) is 5. The molecule has 0 aromatic heterocycles. The maximum absolute atomic E-state index is 13.4. The first-order valence-corrected chi connectivity index (χ1v) is 13.6. The summed E-state index contributed by atoms with van der Waals surface area (Å²) in [5.74, 6) is 0.759. The topological polar surface area (TPSA) is 72.9 Å². The quantitative estimate of drug-likeness (QED) is 0.482. The summed E-state index contributed by atoms with van der Waals surface area (Å²) in [4.78, 5) is 15.2. The number of carbonyl (C=O) groups excluding carboxylic acids is 1. The summed E-state index contributed by atoms with van der Waals surface area (Å²) in [5, 5.41) is 0. The molecule has 1 aliphatic heterocycles. The van der Waals surface area contributed by atoms with Crippen molar-refractivity contribution in [2.45, 2.75) is 39.1 Å². The van der Waals surface area contributed by atoms with Crippen LogP contribution >= 0.6 is 0 Å². The smallest absolute Gasteiger partial charge is 0.258 e. The first-order valence-electron chi connectivity index (χ1n) is 11.7. The van der Waals surface area contributed by atoms with Crippen LogP contribution in [0.25, 0.3) is 11.1 Å². The van der Waals surface area contributed by atoms with Crippen LogP contribution in [0.4, 0.5) is 0 Å². The second-order valence-corrected chi connectivity index (χ2v) is 10.3. The van der Waals surface area contributed by atoms with Crippen LogP contribution in [0.5, 0.6) is 11.5 Å². The van der Waals surface area contributed by atoms with E-state index in [1.807, 2.05) is 26.0 Å². The molecule has 0 saturated carbocycles. The Bertz CT molecular complexity index is 1330. The van der Waals surface area contributed by atoms with Gasteiger partial charge in [0.25, 0.3) is 5.91 Å². The Morgan fingerprint density at radius 3 is 2.29 bits per heavy atom. The zero-order chi connectivity index (χ0) is 25.8. The van der Waals surface area contributed by atoms with Gasteiger partial charge in [-0.15, -0.1) is 0 Å². The van der Waals surface area contributed by atoms with Gasteiger partial charge in [-0.05, 0) is 66.4 Å². The lowest BCUT2D eigenvalue weighted by atomic mass is 9.98. The Labute approximate surface area is 208 Å². The molecule has 7 heteroatoms. The van der Waals surface area contributed by atoms with E-state index in [1.165, 1.54) is 36.4 Å². The van der Waals surface area contributed by atoms with Crippen LogP contribution in [0.1, 0.15) is 40.9 Å². The summed E-state index contributed by atoms with van der Waals surface area (Å²) in [7, 11) is -1.99. The number of sulfone groups is 1. The number of benzene rings is 3. The van der Waals surface area contributed by atoms with Gasteiger partial charge < -0.3 is 14.4 Å². The van der Waals surface area contributed by atoms with Gasteiger partial charge in [0.15, 0.2) is 9.84 Å². The molecule has 0 aliphatic carbocycles. The van der Waals surface area contributed by atoms with E-state index in [2.05, 4.69) is 38.1 Å². The standard InChI is InChI=1S/C26H27NO5S.C2H6/c1-17-5-6-19(13-18(17)2)20-7-10-24-21(14-20)16-27(11-12-32-24)26(28)23-9-8-22(33(4,29)30)15-25(23)31-3;1-2/h5-10,13-15H,11-12,16H2,1-4H3;1-2H3.